The third-order valence-electron chi connectivity index (χ3n) is 3.37. The van der Waals surface area contributed by atoms with Crippen LogP contribution in [0, 0.1) is 5.41 Å². The normalized spacial score (nSPS) is 17.8. The van der Waals surface area contributed by atoms with Gasteiger partial charge in [0.1, 0.15) is 0 Å². The number of ether oxygens (including phenoxy) is 1. The van der Waals surface area contributed by atoms with Gasteiger partial charge in [-0.15, -0.1) is 0 Å². The van der Waals surface area contributed by atoms with Crippen molar-refractivity contribution >= 4 is 5.97 Å². The Morgan fingerprint density at radius 1 is 1.62 bits per heavy atom. The first-order valence-corrected chi connectivity index (χ1v) is 5.68. The molecule has 1 saturated carbocycles. The highest BCUT2D eigenvalue weighted by atomic mass is 16.5. The fraction of sp³-hybridized carbons (Fsp3) is 0.583. The third-order valence-corrected chi connectivity index (χ3v) is 3.37. The molecule has 4 nitrogen and oxygen atoms in total. The molecule has 2 N–H and O–H groups in total. The summed E-state index contributed by atoms with van der Waals surface area (Å²) in [5.74, 6) is -0.0715. The van der Waals surface area contributed by atoms with E-state index in [-0.39, 0.29) is 11.4 Å². The number of rotatable bonds is 5. The molecule has 0 bridgehead atoms. The van der Waals surface area contributed by atoms with Crippen molar-refractivity contribution in [3.8, 4) is 0 Å². The van der Waals surface area contributed by atoms with Crippen molar-refractivity contribution in [2.24, 2.45) is 5.41 Å². The van der Waals surface area contributed by atoms with E-state index < -0.39 is 0 Å². The molecule has 2 rings (SSSR count). The second kappa shape index (κ2) is 4.70. The monoisotopic (exact) mass is 222 g/mol. The lowest BCUT2D eigenvalue weighted by molar-refractivity contribution is -0.158. The first kappa shape index (κ1) is 11.2. The molecular weight excluding hydrogens is 204 g/mol. The Bertz CT molecular complexity index is 342. The van der Waals surface area contributed by atoms with Crippen molar-refractivity contribution in [3.63, 3.8) is 0 Å². The van der Waals surface area contributed by atoms with Gasteiger partial charge in [-0.05, 0) is 25.0 Å². The minimum absolute atomic E-state index is 0.0715. The molecule has 0 radical (unpaired) electrons. The number of carbonyl (C=O) groups is 1. The van der Waals surface area contributed by atoms with Gasteiger partial charge in [-0.1, -0.05) is 6.42 Å². The van der Waals surface area contributed by atoms with Crippen molar-refractivity contribution in [2.75, 3.05) is 13.7 Å². The Morgan fingerprint density at radius 3 is 2.94 bits per heavy atom. The molecule has 0 spiro atoms. The first-order valence-electron chi connectivity index (χ1n) is 5.68. The highest BCUT2D eigenvalue weighted by Crippen LogP contribution is 2.41. The molecular formula is C12H18N2O2. The summed E-state index contributed by atoms with van der Waals surface area (Å²) in [4.78, 5) is 14.8. The lowest BCUT2D eigenvalue weighted by Crippen LogP contribution is -2.46. The lowest BCUT2D eigenvalue weighted by Gasteiger charge is -2.38. The van der Waals surface area contributed by atoms with Gasteiger partial charge in [-0.2, -0.15) is 0 Å². The summed E-state index contributed by atoms with van der Waals surface area (Å²) in [6.07, 6.45) is 4.91. The van der Waals surface area contributed by atoms with Crippen LogP contribution in [0.4, 0.5) is 0 Å². The maximum Gasteiger partial charge on any atom is 0.313 e. The maximum atomic E-state index is 11.6. The van der Waals surface area contributed by atoms with Crippen LogP contribution in [0.1, 0.15) is 25.0 Å². The number of methoxy groups -OCH3 is 1. The van der Waals surface area contributed by atoms with Crippen LogP contribution in [-0.2, 0) is 16.1 Å². The van der Waals surface area contributed by atoms with Gasteiger partial charge in [0, 0.05) is 25.0 Å². The molecule has 16 heavy (non-hydrogen) atoms. The summed E-state index contributed by atoms with van der Waals surface area (Å²) in [7, 11) is 1.47. The van der Waals surface area contributed by atoms with Crippen LogP contribution in [0.3, 0.4) is 0 Å². The fourth-order valence-electron chi connectivity index (χ4n) is 2.19. The molecule has 0 amide bonds. The van der Waals surface area contributed by atoms with Crippen molar-refractivity contribution in [2.45, 2.75) is 25.8 Å². The molecule has 0 unspecified atom stereocenters. The molecule has 0 aromatic carbocycles. The Hall–Kier alpha value is -1.29. The molecule has 88 valence electrons. The van der Waals surface area contributed by atoms with E-state index in [1.165, 1.54) is 7.11 Å². The molecule has 1 aromatic heterocycles. The van der Waals surface area contributed by atoms with E-state index in [2.05, 4.69) is 10.3 Å². The van der Waals surface area contributed by atoms with E-state index in [1.54, 1.807) is 0 Å². The molecule has 0 saturated heterocycles. The molecule has 1 aromatic rings. The van der Waals surface area contributed by atoms with E-state index in [9.17, 15) is 4.79 Å². The van der Waals surface area contributed by atoms with Crippen LogP contribution in [0.2, 0.25) is 0 Å². The molecule has 0 atom stereocenters. The SMILES string of the molecule is COC(=O)C1(CNCc2ccc[nH]2)CCC1. The van der Waals surface area contributed by atoms with Crippen LogP contribution < -0.4 is 5.32 Å². The Morgan fingerprint density at radius 2 is 2.44 bits per heavy atom. The van der Waals surface area contributed by atoms with Crippen molar-refractivity contribution in [3.05, 3.63) is 24.0 Å². The zero-order valence-electron chi connectivity index (χ0n) is 9.58. The number of H-pyrrole nitrogens is 1. The van der Waals surface area contributed by atoms with Crippen molar-refractivity contribution in [1.82, 2.24) is 10.3 Å². The van der Waals surface area contributed by atoms with Gasteiger partial charge in [0.15, 0.2) is 0 Å². The number of carbonyl (C=O) groups excluding carboxylic acids is 1. The number of nitrogens with one attached hydrogen (secondary N) is 2. The standard InChI is InChI=1S/C12H18N2O2/c1-16-11(15)12(5-3-6-12)9-13-8-10-4-2-7-14-10/h2,4,7,13-14H,3,5-6,8-9H2,1H3. The Labute approximate surface area is 95.4 Å². The van der Waals surface area contributed by atoms with Crippen LogP contribution in [0.25, 0.3) is 0 Å². The molecule has 1 aliphatic rings. The van der Waals surface area contributed by atoms with Gasteiger partial charge >= 0.3 is 5.97 Å². The zero-order valence-corrected chi connectivity index (χ0v) is 9.58. The largest absolute Gasteiger partial charge is 0.469 e. The van der Waals surface area contributed by atoms with Gasteiger partial charge in [0.2, 0.25) is 0 Å². The Kier molecular flexibility index (Phi) is 3.29. The first-order chi connectivity index (χ1) is 7.77. The molecule has 1 aliphatic carbocycles. The quantitative estimate of drug-likeness (QED) is 0.741. The van der Waals surface area contributed by atoms with Crippen LogP contribution >= 0.6 is 0 Å². The minimum Gasteiger partial charge on any atom is -0.469 e. The average molecular weight is 222 g/mol. The number of hydrogen-bond donors (Lipinski definition) is 2. The number of esters is 1. The van der Waals surface area contributed by atoms with Crippen LogP contribution in [-0.4, -0.2) is 24.6 Å². The van der Waals surface area contributed by atoms with E-state index in [0.29, 0.717) is 6.54 Å². The van der Waals surface area contributed by atoms with Crippen molar-refractivity contribution in [1.29, 1.82) is 0 Å². The van der Waals surface area contributed by atoms with Gasteiger partial charge in [0.05, 0.1) is 12.5 Å². The smallest absolute Gasteiger partial charge is 0.313 e. The average Bonchev–Trinajstić information content (AvgIpc) is 2.74. The number of aromatic nitrogens is 1. The van der Waals surface area contributed by atoms with Gasteiger partial charge in [-0.3, -0.25) is 4.79 Å². The second-order valence-corrected chi connectivity index (χ2v) is 4.42. The summed E-state index contributed by atoms with van der Waals surface area (Å²) in [6.45, 7) is 1.48. The fourth-order valence-corrected chi connectivity index (χ4v) is 2.19. The summed E-state index contributed by atoms with van der Waals surface area (Å²) in [5.41, 5.74) is 0.876. The van der Waals surface area contributed by atoms with E-state index in [0.717, 1.165) is 31.5 Å². The highest BCUT2D eigenvalue weighted by Gasteiger charge is 2.44. The number of aromatic amines is 1. The molecule has 1 heterocycles. The third kappa shape index (κ3) is 2.11. The second-order valence-electron chi connectivity index (χ2n) is 4.42. The predicted octanol–water partition coefficient (Wildman–Crippen LogP) is 1.45. The zero-order chi connectivity index (χ0) is 11.4. The Balaban J connectivity index is 1.81. The summed E-state index contributed by atoms with van der Waals surface area (Å²) < 4.78 is 4.86. The molecule has 1 fully saturated rings. The summed E-state index contributed by atoms with van der Waals surface area (Å²) in [5, 5.41) is 3.31. The molecule has 4 heteroatoms. The highest BCUT2D eigenvalue weighted by molar-refractivity contribution is 5.78. The van der Waals surface area contributed by atoms with E-state index in [4.69, 9.17) is 4.74 Å². The molecule has 0 aliphatic heterocycles. The topological polar surface area (TPSA) is 54.1 Å². The van der Waals surface area contributed by atoms with Crippen LogP contribution in [0.15, 0.2) is 18.3 Å². The van der Waals surface area contributed by atoms with Crippen LogP contribution in [0.5, 0.6) is 0 Å². The number of hydrogen-bond acceptors (Lipinski definition) is 3. The van der Waals surface area contributed by atoms with Gasteiger partial charge in [0.25, 0.3) is 0 Å². The van der Waals surface area contributed by atoms with E-state index in [1.807, 2.05) is 18.3 Å². The minimum atomic E-state index is -0.263. The maximum absolute atomic E-state index is 11.6. The lowest BCUT2D eigenvalue weighted by atomic mass is 9.68. The predicted molar refractivity (Wildman–Crippen MR) is 60.8 cm³/mol. The van der Waals surface area contributed by atoms with Gasteiger partial charge in [-0.25, -0.2) is 0 Å². The summed E-state index contributed by atoms with van der Waals surface area (Å²) in [6, 6.07) is 4.00. The summed E-state index contributed by atoms with van der Waals surface area (Å²) >= 11 is 0. The van der Waals surface area contributed by atoms with Crippen molar-refractivity contribution < 1.29 is 9.53 Å². The van der Waals surface area contributed by atoms with Gasteiger partial charge < -0.3 is 15.0 Å². The van der Waals surface area contributed by atoms with E-state index >= 15 is 0 Å².